The number of carbonyl (C=O) groups excluding carboxylic acids is 2. The Labute approximate surface area is 235 Å². The number of pyridine rings is 1. The quantitative estimate of drug-likeness (QED) is 0.121. The van der Waals surface area contributed by atoms with Gasteiger partial charge in [-0.15, -0.1) is 0 Å². The maximum Gasteiger partial charge on any atom is 0.295 e. The molecule has 1 atom stereocenters. The van der Waals surface area contributed by atoms with Crippen molar-refractivity contribution in [2.45, 2.75) is 52.1 Å². The molecule has 0 spiro atoms. The van der Waals surface area contributed by atoms with E-state index in [0.717, 1.165) is 31.2 Å². The summed E-state index contributed by atoms with van der Waals surface area (Å²) < 4.78 is 17.3. The van der Waals surface area contributed by atoms with Crippen LogP contribution in [0.25, 0.3) is 5.76 Å². The summed E-state index contributed by atoms with van der Waals surface area (Å²) in [6.07, 6.45) is 7.20. The number of methoxy groups -OCH3 is 1. The molecule has 2 heterocycles. The van der Waals surface area contributed by atoms with Crippen molar-refractivity contribution in [2.75, 3.05) is 20.3 Å². The topological polar surface area (TPSA) is 98.2 Å². The predicted molar refractivity (Wildman–Crippen MR) is 152 cm³/mol. The maximum atomic E-state index is 13.5. The van der Waals surface area contributed by atoms with Crippen molar-refractivity contribution in [2.24, 2.45) is 0 Å². The Morgan fingerprint density at radius 3 is 2.52 bits per heavy atom. The van der Waals surface area contributed by atoms with Crippen molar-refractivity contribution in [1.82, 2.24) is 9.88 Å². The van der Waals surface area contributed by atoms with E-state index in [9.17, 15) is 14.7 Å². The highest BCUT2D eigenvalue weighted by Gasteiger charge is 2.46. The average molecular weight is 545 g/mol. The minimum atomic E-state index is -0.858. The normalized spacial score (nSPS) is 16.3. The van der Waals surface area contributed by atoms with Gasteiger partial charge in [-0.05, 0) is 54.3 Å². The molecule has 0 bridgehead atoms. The number of aromatic nitrogens is 1. The second-order valence-electron chi connectivity index (χ2n) is 9.63. The molecule has 8 heteroatoms. The third-order valence-electron chi connectivity index (χ3n) is 6.70. The first kappa shape index (κ1) is 28.7. The monoisotopic (exact) mass is 544 g/mol. The first-order valence-corrected chi connectivity index (χ1v) is 13.7. The van der Waals surface area contributed by atoms with Crippen LogP contribution in [-0.4, -0.2) is 47.0 Å². The molecule has 3 aromatic rings. The van der Waals surface area contributed by atoms with Crippen molar-refractivity contribution in [3.8, 4) is 17.2 Å². The van der Waals surface area contributed by atoms with Crippen LogP contribution in [0.4, 0.5) is 0 Å². The van der Waals surface area contributed by atoms with Crippen LogP contribution in [0.15, 0.2) is 72.6 Å². The molecule has 1 fully saturated rings. The van der Waals surface area contributed by atoms with Gasteiger partial charge in [0, 0.05) is 24.5 Å². The number of Topliss-reactive ketones (excluding diaryl/α,β-unsaturated/α-hetero) is 1. The molecule has 0 aliphatic carbocycles. The van der Waals surface area contributed by atoms with Gasteiger partial charge in [0.05, 0.1) is 31.9 Å². The van der Waals surface area contributed by atoms with E-state index in [1.807, 2.05) is 13.0 Å². The van der Waals surface area contributed by atoms with Crippen LogP contribution in [0.2, 0.25) is 0 Å². The van der Waals surface area contributed by atoms with Crippen LogP contribution >= 0.6 is 0 Å². The average Bonchev–Trinajstić information content (AvgIpc) is 3.23. The van der Waals surface area contributed by atoms with Crippen molar-refractivity contribution >= 4 is 17.4 Å². The molecule has 210 valence electrons. The number of rotatable bonds is 13. The van der Waals surface area contributed by atoms with Gasteiger partial charge in [0.2, 0.25) is 0 Å². The molecule has 0 saturated carbocycles. The van der Waals surface area contributed by atoms with Crippen LogP contribution < -0.4 is 14.2 Å². The molecule has 8 nitrogen and oxygen atoms in total. The van der Waals surface area contributed by atoms with E-state index in [0.29, 0.717) is 41.6 Å². The van der Waals surface area contributed by atoms with Crippen LogP contribution in [0.3, 0.4) is 0 Å². The number of ether oxygens (including phenoxy) is 3. The molecule has 1 saturated heterocycles. The first-order chi connectivity index (χ1) is 19.5. The molecule has 1 aliphatic heterocycles. The summed E-state index contributed by atoms with van der Waals surface area (Å²) in [5.74, 6) is -0.0998. The summed E-state index contributed by atoms with van der Waals surface area (Å²) in [6, 6.07) is 15.0. The number of hydrogen-bond acceptors (Lipinski definition) is 7. The number of aliphatic hydroxyl groups is 1. The summed E-state index contributed by atoms with van der Waals surface area (Å²) >= 11 is 0. The van der Waals surface area contributed by atoms with Gasteiger partial charge >= 0.3 is 0 Å². The fourth-order valence-electron chi connectivity index (χ4n) is 4.69. The molecule has 1 aromatic heterocycles. The van der Waals surface area contributed by atoms with E-state index in [-0.39, 0.29) is 17.9 Å². The van der Waals surface area contributed by atoms with Crippen molar-refractivity contribution < 1.29 is 28.9 Å². The Bertz CT molecular complexity index is 1350. The molecule has 2 aromatic carbocycles. The lowest BCUT2D eigenvalue weighted by atomic mass is 9.94. The van der Waals surface area contributed by atoms with E-state index >= 15 is 0 Å². The van der Waals surface area contributed by atoms with Crippen molar-refractivity contribution in [1.29, 1.82) is 0 Å². The second kappa shape index (κ2) is 13.6. The molecule has 40 heavy (non-hydrogen) atoms. The second-order valence-corrected chi connectivity index (χ2v) is 9.63. The molecular formula is C32H36N2O6. The number of benzene rings is 2. The third-order valence-corrected chi connectivity index (χ3v) is 6.70. The Morgan fingerprint density at radius 2 is 1.80 bits per heavy atom. The largest absolute Gasteiger partial charge is 0.507 e. The molecule has 1 amide bonds. The lowest BCUT2D eigenvalue weighted by Crippen LogP contribution is -2.29. The summed E-state index contributed by atoms with van der Waals surface area (Å²) in [4.78, 5) is 32.5. The predicted octanol–water partition coefficient (Wildman–Crippen LogP) is 6.07. The number of aliphatic hydroxyl groups excluding tert-OH is 1. The molecule has 1 aliphatic rings. The third kappa shape index (κ3) is 6.45. The van der Waals surface area contributed by atoms with Gasteiger partial charge in [0.1, 0.15) is 11.5 Å². The smallest absolute Gasteiger partial charge is 0.295 e. The van der Waals surface area contributed by atoms with Crippen molar-refractivity contribution in [3.05, 3.63) is 89.3 Å². The number of carbonyl (C=O) groups is 2. The Kier molecular flexibility index (Phi) is 9.78. The van der Waals surface area contributed by atoms with Gasteiger partial charge in [0.25, 0.3) is 11.7 Å². The van der Waals surface area contributed by atoms with Gasteiger partial charge in [-0.25, -0.2) is 0 Å². The number of likely N-dealkylation sites (tertiary alicyclic amines) is 1. The molecule has 0 radical (unpaired) electrons. The van der Waals surface area contributed by atoms with E-state index < -0.39 is 17.7 Å². The van der Waals surface area contributed by atoms with Crippen molar-refractivity contribution in [3.63, 3.8) is 0 Å². The van der Waals surface area contributed by atoms with Gasteiger partial charge in [-0.2, -0.15) is 0 Å². The minimum Gasteiger partial charge on any atom is -0.507 e. The molecule has 1 N–H and O–H groups in total. The number of hydrogen-bond donors (Lipinski definition) is 1. The zero-order valence-electron chi connectivity index (χ0n) is 23.3. The first-order valence-electron chi connectivity index (χ1n) is 13.7. The van der Waals surface area contributed by atoms with E-state index in [1.54, 1.807) is 68.0 Å². The van der Waals surface area contributed by atoms with Gasteiger partial charge < -0.3 is 24.2 Å². The Balaban J connectivity index is 1.79. The van der Waals surface area contributed by atoms with Crippen LogP contribution in [0, 0.1) is 0 Å². The van der Waals surface area contributed by atoms with Crippen LogP contribution in [0.5, 0.6) is 17.2 Å². The Morgan fingerprint density at radius 1 is 0.950 bits per heavy atom. The summed E-state index contributed by atoms with van der Waals surface area (Å²) in [6.45, 7) is 5.35. The summed E-state index contributed by atoms with van der Waals surface area (Å²) in [5, 5.41) is 11.5. The fourth-order valence-corrected chi connectivity index (χ4v) is 4.69. The van der Waals surface area contributed by atoms with Gasteiger partial charge in [-0.1, -0.05) is 51.0 Å². The zero-order valence-corrected chi connectivity index (χ0v) is 23.3. The summed E-state index contributed by atoms with van der Waals surface area (Å²) in [5.41, 5.74) is 1.76. The van der Waals surface area contributed by atoms with Gasteiger partial charge in [-0.3, -0.25) is 14.6 Å². The highest BCUT2D eigenvalue weighted by atomic mass is 16.5. The summed E-state index contributed by atoms with van der Waals surface area (Å²) in [7, 11) is 1.55. The fraction of sp³-hybridized carbons (Fsp3) is 0.344. The lowest BCUT2D eigenvalue weighted by Gasteiger charge is -2.26. The highest BCUT2D eigenvalue weighted by molar-refractivity contribution is 6.46. The lowest BCUT2D eigenvalue weighted by molar-refractivity contribution is -0.140. The van der Waals surface area contributed by atoms with E-state index in [2.05, 4.69) is 11.9 Å². The van der Waals surface area contributed by atoms with E-state index in [1.165, 1.54) is 4.90 Å². The van der Waals surface area contributed by atoms with Gasteiger partial charge in [0.15, 0.2) is 11.5 Å². The zero-order chi connectivity index (χ0) is 28.5. The van der Waals surface area contributed by atoms with Crippen LogP contribution in [-0.2, 0) is 16.1 Å². The number of unbranched alkanes of at least 4 members (excludes halogenated alkanes) is 2. The highest BCUT2D eigenvalue weighted by Crippen LogP contribution is 2.43. The number of ketones is 1. The Hall–Kier alpha value is -4.33. The number of amides is 1. The SMILES string of the molecule is CCCCCOc1ccc(C2C(=C(O)c3cccc(OCCC)c3)C(=O)C(=O)N2Cc2cccnc2)cc1OC. The maximum absolute atomic E-state index is 13.5. The van der Waals surface area contributed by atoms with E-state index in [4.69, 9.17) is 14.2 Å². The van der Waals surface area contributed by atoms with Crippen LogP contribution in [0.1, 0.15) is 62.3 Å². The number of nitrogens with zero attached hydrogens (tertiary/aromatic N) is 2. The minimum absolute atomic E-state index is 0.000184. The molecule has 1 unspecified atom stereocenters. The standard InChI is InChI=1S/C32H36N2O6/c1-4-6-7-17-40-26-14-13-23(19-27(26)38-3)29-28(30(35)24-11-8-12-25(18-24)39-16-5-2)31(36)32(37)34(29)21-22-10-9-15-33-20-22/h8-15,18-20,29,35H,4-7,16-17,21H2,1-3H3. The molecule has 4 rings (SSSR count). The molecular weight excluding hydrogens is 508 g/mol.